The SMILES string of the molecule is CCCCn1c(-c2ccccc2)nc(-c2ccccc2)c1CN(Cc1ccc(OC(F)F)cc1)Cc1cccc(OC(F)(F)C(F)F)c1. The Labute approximate surface area is 275 Å². The Bertz CT molecular complexity index is 1730. The first-order valence-corrected chi connectivity index (χ1v) is 15.5. The van der Waals surface area contributed by atoms with Gasteiger partial charge in [-0.15, -0.1) is 0 Å². The van der Waals surface area contributed by atoms with Crippen LogP contribution >= 0.6 is 0 Å². The molecule has 0 aliphatic rings. The molecule has 0 spiro atoms. The molecule has 11 heteroatoms. The van der Waals surface area contributed by atoms with Crippen molar-refractivity contribution in [2.75, 3.05) is 0 Å². The van der Waals surface area contributed by atoms with E-state index in [4.69, 9.17) is 4.98 Å². The monoisotopic (exact) mass is 667 g/mol. The highest BCUT2D eigenvalue weighted by Gasteiger charge is 2.44. The fraction of sp³-hybridized carbons (Fsp3) is 0.270. The fourth-order valence-electron chi connectivity index (χ4n) is 5.42. The van der Waals surface area contributed by atoms with Crippen molar-refractivity contribution in [2.45, 2.75) is 65.1 Å². The summed E-state index contributed by atoms with van der Waals surface area (Å²) in [7, 11) is 0. The van der Waals surface area contributed by atoms with E-state index in [1.165, 1.54) is 30.3 Å². The van der Waals surface area contributed by atoms with E-state index in [2.05, 4.69) is 21.0 Å². The van der Waals surface area contributed by atoms with Crippen molar-refractivity contribution in [1.29, 1.82) is 0 Å². The fourth-order valence-corrected chi connectivity index (χ4v) is 5.42. The van der Waals surface area contributed by atoms with Gasteiger partial charge in [0.05, 0.1) is 11.4 Å². The summed E-state index contributed by atoms with van der Waals surface area (Å²) in [6.45, 7) is 0.716. The average Bonchev–Trinajstić information content (AvgIpc) is 3.42. The van der Waals surface area contributed by atoms with Crippen molar-refractivity contribution in [3.63, 3.8) is 0 Å². The first-order chi connectivity index (χ1) is 23.1. The highest BCUT2D eigenvalue weighted by molar-refractivity contribution is 5.68. The highest BCUT2D eigenvalue weighted by Crippen LogP contribution is 2.33. The zero-order chi connectivity index (χ0) is 34.1. The summed E-state index contributed by atoms with van der Waals surface area (Å²) < 4.78 is 89.9. The van der Waals surface area contributed by atoms with Crippen LogP contribution in [0.4, 0.5) is 26.3 Å². The first-order valence-electron chi connectivity index (χ1n) is 15.5. The number of halogens is 6. The van der Waals surface area contributed by atoms with Crippen LogP contribution in [0.5, 0.6) is 11.5 Å². The molecule has 48 heavy (non-hydrogen) atoms. The van der Waals surface area contributed by atoms with Crippen LogP contribution in [0, 0.1) is 0 Å². The van der Waals surface area contributed by atoms with E-state index in [0.717, 1.165) is 46.7 Å². The summed E-state index contributed by atoms with van der Waals surface area (Å²) in [6.07, 6.45) is -6.81. The van der Waals surface area contributed by atoms with Gasteiger partial charge in [-0.1, -0.05) is 98.3 Å². The number of benzene rings is 4. The van der Waals surface area contributed by atoms with Crippen molar-refractivity contribution < 1.29 is 35.8 Å². The average molecular weight is 668 g/mol. The van der Waals surface area contributed by atoms with Gasteiger partial charge in [-0.25, -0.2) is 4.98 Å². The van der Waals surface area contributed by atoms with E-state index in [1.807, 2.05) is 65.6 Å². The molecule has 5 aromatic rings. The van der Waals surface area contributed by atoms with E-state index in [-0.39, 0.29) is 12.3 Å². The van der Waals surface area contributed by atoms with Crippen LogP contribution in [0.2, 0.25) is 0 Å². The van der Waals surface area contributed by atoms with E-state index in [0.29, 0.717) is 25.2 Å². The minimum atomic E-state index is -4.65. The normalized spacial score (nSPS) is 11.9. The molecule has 0 unspecified atom stereocenters. The van der Waals surface area contributed by atoms with Crippen molar-refractivity contribution in [2.24, 2.45) is 0 Å². The molecule has 0 radical (unpaired) electrons. The quantitative estimate of drug-likeness (QED) is 0.0983. The van der Waals surface area contributed by atoms with Gasteiger partial charge in [-0.05, 0) is 41.8 Å². The maximum atomic E-state index is 13.8. The van der Waals surface area contributed by atoms with Crippen LogP contribution in [-0.4, -0.2) is 33.6 Å². The van der Waals surface area contributed by atoms with E-state index in [1.54, 1.807) is 18.2 Å². The third-order valence-corrected chi connectivity index (χ3v) is 7.63. The molecule has 0 saturated carbocycles. The largest absolute Gasteiger partial charge is 0.461 e. The number of hydrogen-bond donors (Lipinski definition) is 0. The maximum Gasteiger partial charge on any atom is 0.461 e. The first kappa shape index (κ1) is 34.6. The summed E-state index contributed by atoms with van der Waals surface area (Å²) in [6, 6.07) is 31.6. The van der Waals surface area contributed by atoms with Gasteiger partial charge in [0.1, 0.15) is 17.3 Å². The van der Waals surface area contributed by atoms with Gasteiger partial charge >= 0.3 is 19.1 Å². The summed E-state index contributed by atoms with van der Waals surface area (Å²) in [4.78, 5) is 7.20. The molecule has 4 aromatic carbocycles. The van der Waals surface area contributed by atoms with E-state index >= 15 is 0 Å². The lowest BCUT2D eigenvalue weighted by Crippen LogP contribution is -2.33. The second-order valence-corrected chi connectivity index (χ2v) is 11.2. The van der Waals surface area contributed by atoms with Crippen LogP contribution in [0.1, 0.15) is 36.6 Å². The molecule has 0 atom stereocenters. The Balaban J connectivity index is 1.57. The molecule has 1 heterocycles. The summed E-state index contributed by atoms with van der Waals surface area (Å²) in [5, 5.41) is 0. The van der Waals surface area contributed by atoms with Crippen LogP contribution in [0.25, 0.3) is 22.6 Å². The molecule has 0 bridgehead atoms. The molecule has 0 N–H and O–H groups in total. The molecule has 0 amide bonds. The Kier molecular flexibility index (Phi) is 11.4. The molecule has 5 rings (SSSR count). The third kappa shape index (κ3) is 8.97. The smallest absolute Gasteiger partial charge is 0.435 e. The molecule has 0 saturated heterocycles. The highest BCUT2D eigenvalue weighted by atomic mass is 19.3. The van der Waals surface area contributed by atoms with Gasteiger partial charge < -0.3 is 14.0 Å². The predicted molar refractivity (Wildman–Crippen MR) is 172 cm³/mol. The number of nitrogens with zero attached hydrogens (tertiary/aromatic N) is 3. The number of alkyl halides is 6. The second-order valence-electron chi connectivity index (χ2n) is 11.2. The summed E-state index contributed by atoms with van der Waals surface area (Å²) in [5.41, 5.74) is 4.88. The number of hydrogen-bond acceptors (Lipinski definition) is 4. The van der Waals surface area contributed by atoms with Crippen molar-refractivity contribution in [1.82, 2.24) is 14.5 Å². The van der Waals surface area contributed by atoms with Gasteiger partial charge in [-0.3, -0.25) is 4.90 Å². The van der Waals surface area contributed by atoms with Gasteiger partial charge in [0, 0.05) is 37.3 Å². The van der Waals surface area contributed by atoms with Crippen LogP contribution in [0.15, 0.2) is 109 Å². The zero-order valence-corrected chi connectivity index (χ0v) is 26.2. The lowest BCUT2D eigenvalue weighted by Gasteiger charge is -2.25. The van der Waals surface area contributed by atoms with Gasteiger partial charge in [0.2, 0.25) is 0 Å². The van der Waals surface area contributed by atoms with E-state index in [9.17, 15) is 26.3 Å². The Morgan fingerprint density at radius 3 is 2.00 bits per heavy atom. The molecular weight excluding hydrogens is 632 g/mol. The standard InChI is InChI=1S/C37H35F6N3O2/c1-2-3-21-46-32(33(28-12-6-4-7-13-28)44-34(46)29-14-8-5-9-15-29)25-45(23-26-17-19-30(20-18-26)47-36(40)41)24-27-11-10-16-31(22-27)48-37(42,43)35(38)39/h4-20,22,35-36H,2-3,21,23-25H2,1H3. The van der Waals surface area contributed by atoms with Gasteiger partial charge in [0.25, 0.3) is 0 Å². The second kappa shape index (κ2) is 15.9. The van der Waals surface area contributed by atoms with Crippen LogP contribution in [-0.2, 0) is 26.2 Å². The minimum absolute atomic E-state index is 0.0154. The number of unbranched alkanes of at least 4 members (excludes halogenated alkanes) is 1. The number of imidazole rings is 1. The number of ether oxygens (including phenoxy) is 2. The van der Waals surface area contributed by atoms with Crippen molar-refractivity contribution in [3.8, 4) is 34.1 Å². The Morgan fingerprint density at radius 2 is 1.38 bits per heavy atom. The predicted octanol–water partition coefficient (Wildman–Crippen LogP) is 10.1. The van der Waals surface area contributed by atoms with Crippen molar-refractivity contribution in [3.05, 3.63) is 126 Å². The van der Waals surface area contributed by atoms with Crippen LogP contribution < -0.4 is 9.47 Å². The molecule has 0 aliphatic carbocycles. The maximum absolute atomic E-state index is 13.8. The topological polar surface area (TPSA) is 39.5 Å². The molecular formula is C37H35F6N3O2. The Hall–Kier alpha value is -4.77. The summed E-state index contributed by atoms with van der Waals surface area (Å²) in [5.74, 6) is 0.424. The third-order valence-electron chi connectivity index (χ3n) is 7.63. The number of aromatic nitrogens is 2. The lowest BCUT2D eigenvalue weighted by molar-refractivity contribution is -0.253. The molecule has 1 aromatic heterocycles. The molecule has 0 fully saturated rings. The van der Waals surface area contributed by atoms with Gasteiger partial charge in [-0.2, -0.15) is 26.3 Å². The van der Waals surface area contributed by atoms with Crippen molar-refractivity contribution >= 4 is 0 Å². The van der Waals surface area contributed by atoms with Crippen LogP contribution in [0.3, 0.4) is 0 Å². The number of rotatable bonds is 16. The lowest BCUT2D eigenvalue weighted by atomic mass is 10.1. The zero-order valence-electron chi connectivity index (χ0n) is 26.2. The summed E-state index contributed by atoms with van der Waals surface area (Å²) >= 11 is 0. The molecule has 0 aliphatic heterocycles. The Morgan fingerprint density at radius 1 is 0.729 bits per heavy atom. The van der Waals surface area contributed by atoms with Gasteiger partial charge in [0.15, 0.2) is 0 Å². The van der Waals surface area contributed by atoms with E-state index < -0.39 is 24.9 Å². The minimum Gasteiger partial charge on any atom is -0.435 e. The molecule has 5 nitrogen and oxygen atoms in total. The molecule has 252 valence electrons.